The van der Waals surface area contributed by atoms with Crippen molar-refractivity contribution in [2.45, 2.75) is 25.8 Å². The van der Waals surface area contributed by atoms with Gasteiger partial charge in [-0.25, -0.2) is 4.98 Å². The summed E-state index contributed by atoms with van der Waals surface area (Å²) in [4.78, 5) is 6.66. The molecule has 96 valence electrons. The molecule has 0 aliphatic carbocycles. The summed E-state index contributed by atoms with van der Waals surface area (Å²) in [6.07, 6.45) is 9.71. The van der Waals surface area contributed by atoms with Gasteiger partial charge < -0.3 is 14.8 Å². The summed E-state index contributed by atoms with van der Waals surface area (Å²) < 4.78 is 2.16. The van der Waals surface area contributed by atoms with Crippen LogP contribution in [0.3, 0.4) is 0 Å². The third kappa shape index (κ3) is 4.13. The Balaban J connectivity index is 1.54. The molecule has 1 aliphatic heterocycles. The maximum Gasteiger partial charge on any atom is 0.0945 e. The number of aromatic nitrogens is 2. The summed E-state index contributed by atoms with van der Waals surface area (Å²) in [7, 11) is 2.05. The van der Waals surface area contributed by atoms with Crippen LogP contribution in [-0.2, 0) is 6.54 Å². The van der Waals surface area contributed by atoms with Crippen LogP contribution in [0, 0.1) is 5.92 Å². The minimum Gasteiger partial charge on any atom is -0.337 e. The molecule has 0 saturated carbocycles. The van der Waals surface area contributed by atoms with E-state index in [2.05, 4.69) is 19.8 Å². The monoisotopic (exact) mass is 236 g/mol. The highest BCUT2D eigenvalue weighted by molar-refractivity contribution is 4.77. The molecule has 1 fully saturated rings. The fourth-order valence-electron chi connectivity index (χ4n) is 2.62. The summed E-state index contributed by atoms with van der Waals surface area (Å²) >= 11 is 0. The molecule has 0 amide bonds. The Bertz CT molecular complexity index is 296. The summed E-state index contributed by atoms with van der Waals surface area (Å²) in [5.41, 5.74) is 0. The van der Waals surface area contributed by atoms with Crippen LogP contribution < -0.4 is 5.32 Å². The molecule has 1 unspecified atom stereocenters. The molecule has 1 aromatic heterocycles. The molecule has 0 radical (unpaired) electrons. The number of unbranched alkanes of at least 4 members (excludes halogenated alkanes) is 1. The highest BCUT2D eigenvalue weighted by atomic mass is 15.1. The van der Waals surface area contributed by atoms with Gasteiger partial charge in [0.25, 0.3) is 0 Å². The predicted octanol–water partition coefficient (Wildman–Crippen LogP) is 1.20. The maximum absolute atomic E-state index is 4.05. The Hall–Kier alpha value is -0.870. The number of hydrogen-bond acceptors (Lipinski definition) is 3. The van der Waals surface area contributed by atoms with Crippen LogP contribution >= 0.6 is 0 Å². The van der Waals surface area contributed by atoms with E-state index in [4.69, 9.17) is 0 Å². The molecule has 1 saturated heterocycles. The van der Waals surface area contributed by atoms with Crippen LogP contribution in [0.4, 0.5) is 0 Å². The fourth-order valence-corrected chi connectivity index (χ4v) is 2.62. The zero-order valence-electron chi connectivity index (χ0n) is 10.8. The van der Waals surface area contributed by atoms with Gasteiger partial charge in [-0.1, -0.05) is 0 Å². The van der Waals surface area contributed by atoms with E-state index in [-0.39, 0.29) is 0 Å². The van der Waals surface area contributed by atoms with E-state index in [1.54, 1.807) is 0 Å². The lowest BCUT2D eigenvalue weighted by atomic mass is 10.1. The van der Waals surface area contributed by atoms with Crippen LogP contribution in [-0.4, -0.2) is 47.7 Å². The molecule has 1 aromatic rings. The van der Waals surface area contributed by atoms with E-state index >= 15 is 0 Å². The topological polar surface area (TPSA) is 33.1 Å². The Morgan fingerprint density at radius 1 is 1.35 bits per heavy atom. The van der Waals surface area contributed by atoms with E-state index in [1.807, 2.05) is 25.8 Å². The standard InChI is InChI=1S/C13H24N4/c1-14-10-13-4-8-16(11-13)6-2-3-7-17-9-5-15-12-17/h5,9,12-14H,2-4,6-8,10-11H2,1H3. The van der Waals surface area contributed by atoms with Gasteiger partial charge in [-0.15, -0.1) is 0 Å². The van der Waals surface area contributed by atoms with Crippen LogP contribution in [0.2, 0.25) is 0 Å². The van der Waals surface area contributed by atoms with Crippen molar-refractivity contribution in [1.82, 2.24) is 19.8 Å². The third-order valence-electron chi connectivity index (χ3n) is 3.56. The van der Waals surface area contributed by atoms with Crippen molar-refractivity contribution in [3.63, 3.8) is 0 Å². The minimum absolute atomic E-state index is 0.869. The third-order valence-corrected chi connectivity index (χ3v) is 3.56. The molecule has 1 aliphatic rings. The zero-order valence-corrected chi connectivity index (χ0v) is 10.8. The molecule has 17 heavy (non-hydrogen) atoms. The number of rotatable bonds is 7. The summed E-state index contributed by atoms with van der Waals surface area (Å²) in [5, 5.41) is 3.28. The average Bonchev–Trinajstić information content (AvgIpc) is 2.96. The minimum atomic E-state index is 0.869. The zero-order chi connectivity index (χ0) is 11.9. The van der Waals surface area contributed by atoms with Gasteiger partial charge >= 0.3 is 0 Å². The molecule has 2 rings (SSSR count). The van der Waals surface area contributed by atoms with Crippen LogP contribution in [0.1, 0.15) is 19.3 Å². The summed E-state index contributed by atoms with van der Waals surface area (Å²) in [6, 6.07) is 0. The van der Waals surface area contributed by atoms with Gasteiger partial charge in [-0.05, 0) is 51.9 Å². The number of hydrogen-bond donors (Lipinski definition) is 1. The van der Waals surface area contributed by atoms with Crippen LogP contribution in [0.15, 0.2) is 18.7 Å². The van der Waals surface area contributed by atoms with Gasteiger partial charge in [-0.2, -0.15) is 0 Å². The largest absolute Gasteiger partial charge is 0.337 e. The molecular weight excluding hydrogens is 212 g/mol. The number of likely N-dealkylation sites (tertiary alicyclic amines) is 1. The molecule has 1 N–H and O–H groups in total. The highest BCUT2D eigenvalue weighted by Gasteiger charge is 2.20. The fraction of sp³-hybridized carbons (Fsp3) is 0.769. The lowest BCUT2D eigenvalue weighted by Crippen LogP contribution is -2.25. The molecule has 2 heterocycles. The van der Waals surface area contributed by atoms with Crippen molar-refractivity contribution in [1.29, 1.82) is 0 Å². The highest BCUT2D eigenvalue weighted by Crippen LogP contribution is 2.15. The average molecular weight is 236 g/mol. The Kier molecular flexibility index (Phi) is 5.01. The number of imidazole rings is 1. The van der Waals surface area contributed by atoms with Crippen molar-refractivity contribution < 1.29 is 0 Å². The van der Waals surface area contributed by atoms with E-state index in [1.165, 1.54) is 45.4 Å². The number of nitrogens with zero attached hydrogens (tertiary/aromatic N) is 3. The lowest BCUT2D eigenvalue weighted by molar-refractivity contribution is 0.312. The Morgan fingerprint density at radius 3 is 3.00 bits per heavy atom. The smallest absolute Gasteiger partial charge is 0.0945 e. The first-order valence-corrected chi connectivity index (χ1v) is 6.71. The van der Waals surface area contributed by atoms with E-state index in [0.717, 1.165) is 12.5 Å². The first kappa shape index (κ1) is 12.6. The van der Waals surface area contributed by atoms with Gasteiger partial charge in [-0.3, -0.25) is 0 Å². The quantitative estimate of drug-likeness (QED) is 0.722. The van der Waals surface area contributed by atoms with Gasteiger partial charge in [0.2, 0.25) is 0 Å². The first-order chi connectivity index (χ1) is 8.38. The molecule has 0 aromatic carbocycles. The van der Waals surface area contributed by atoms with Crippen LogP contribution in [0.5, 0.6) is 0 Å². The van der Waals surface area contributed by atoms with Crippen molar-refractivity contribution in [3.05, 3.63) is 18.7 Å². The predicted molar refractivity (Wildman–Crippen MR) is 69.9 cm³/mol. The van der Waals surface area contributed by atoms with E-state index in [0.29, 0.717) is 0 Å². The van der Waals surface area contributed by atoms with Crippen molar-refractivity contribution >= 4 is 0 Å². The lowest BCUT2D eigenvalue weighted by Gasteiger charge is -2.15. The second-order valence-electron chi connectivity index (χ2n) is 5.02. The summed E-state index contributed by atoms with van der Waals surface area (Å²) in [6.45, 7) is 6.11. The molecular formula is C13H24N4. The molecule has 0 spiro atoms. The van der Waals surface area contributed by atoms with Crippen molar-refractivity contribution in [3.8, 4) is 0 Å². The first-order valence-electron chi connectivity index (χ1n) is 6.71. The van der Waals surface area contributed by atoms with E-state index < -0.39 is 0 Å². The van der Waals surface area contributed by atoms with Crippen molar-refractivity contribution in [2.24, 2.45) is 5.92 Å². The van der Waals surface area contributed by atoms with E-state index in [9.17, 15) is 0 Å². The second kappa shape index (κ2) is 6.77. The normalized spacial score (nSPS) is 21.1. The maximum atomic E-state index is 4.05. The summed E-state index contributed by atoms with van der Waals surface area (Å²) in [5.74, 6) is 0.869. The molecule has 4 nitrogen and oxygen atoms in total. The Morgan fingerprint density at radius 2 is 2.24 bits per heavy atom. The second-order valence-corrected chi connectivity index (χ2v) is 5.02. The van der Waals surface area contributed by atoms with Gasteiger partial charge in [0.1, 0.15) is 0 Å². The molecule has 1 atom stereocenters. The van der Waals surface area contributed by atoms with Gasteiger partial charge in [0.05, 0.1) is 6.33 Å². The van der Waals surface area contributed by atoms with Gasteiger partial charge in [0, 0.05) is 25.5 Å². The number of nitrogens with one attached hydrogen (secondary N) is 1. The SMILES string of the molecule is CNCC1CCN(CCCCn2ccnc2)C1. The van der Waals surface area contributed by atoms with Crippen molar-refractivity contribution in [2.75, 3.05) is 33.2 Å². The Labute approximate surface area is 104 Å². The molecule has 0 bridgehead atoms. The molecule has 4 heteroatoms. The number of aryl methyl sites for hydroxylation is 1. The van der Waals surface area contributed by atoms with Gasteiger partial charge in [0.15, 0.2) is 0 Å². The van der Waals surface area contributed by atoms with Crippen LogP contribution in [0.25, 0.3) is 0 Å².